The third kappa shape index (κ3) is 0.739. The van der Waals surface area contributed by atoms with Gasteiger partial charge in [0, 0.05) is 12.3 Å². The first kappa shape index (κ1) is 6.09. The molecule has 2 aromatic heterocycles. The number of nitrogens with zero attached hydrogens (tertiary/aromatic N) is 4. The van der Waals surface area contributed by atoms with Crippen molar-refractivity contribution in [2.75, 3.05) is 5.73 Å². The fraction of sp³-hybridized carbons (Fsp3) is 0.167. The Kier molecular flexibility index (Phi) is 1.06. The van der Waals surface area contributed by atoms with E-state index >= 15 is 0 Å². The highest BCUT2D eigenvalue weighted by atomic mass is 15.3. The molecule has 0 aromatic carbocycles. The predicted molar refractivity (Wildman–Crippen MR) is 39.9 cm³/mol. The minimum atomic E-state index is 0.421. The number of rotatable bonds is 0. The SMILES string of the molecule is Cc1nnc2ccnc(N)n12. The molecule has 0 unspecified atom stereocenters. The van der Waals surface area contributed by atoms with E-state index in [9.17, 15) is 0 Å². The molecule has 0 fully saturated rings. The third-order valence-corrected chi connectivity index (χ3v) is 1.51. The van der Waals surface area contributed by atoms with E-state index in [1.54, 1.807) is 16.7 Å². The lowest BCUT2D eigenvalue weighted by atomic mass is 10.6. The summed E-state index contributed by atoms with van der Waals surface area (Å²) in [5.41, 5.74) is 6.30. The molecule has 2 N–H and O–H groups in total. The van der Waals surface area contributed by atoms with Crippen molar-refractivity contribution in [1.29, 1.82) is 0 Å². The second-order valence-corrected chi connectivity index (χ2v) is 2.24. The van der Waals surface area contributed by atoms with Crippen molar-refractivity contribution in [3.05, 3.63) is 18.1 Å². The first-order chi connectivity index (χ1) is 5.29. The molecule has 0 bridgehead atoms. The second kappa shape index (κ2) is 1.91. The van der Waals surface area contributed by atoms with Crippen LogP contribution in [0.5, 0.6) is 0 Å². The molecule has 0 saturated carbocycles. The Labute approximate surface area is 62.9 Å². The Bertz CT molecular complexity index is 391. The van der Waals surface area contributed by atoms with E-state index in [0.29, 0.717) is 5.95 Å². The molecule has 0 saturated heterocycles. The van der Waals surface area contributed by atoms with Crippen molar-refractivity contribution < 1.29 is 0 Å². The summed E-state index contributed by atoms with van der Waals surface area (Å²) in [6.45, 7) is 1.83. The van der Waals surface area contributed by atoms with Gasteiger partial charge < -0.3 is 5.73 Å². The van der Waals surface area contributed by atoms with Gasteiger partial charge in [-0.25, -0.2) is 9.38 Å². The van der Waals surface area contributed by atoms with Gasteiger partial charge in [0.15, 0.2) is 5.65 Å². The average molecular weight is 149 g/mol. The van der Waals surface area contributed by atoms with Crippen molar-refractivity contribution >= 4 is 11.6 Å². The highest BCUT2D eigenvalue weighted by molar-refractivity contribution is 5.42. The zero-order valence-corrected chi connectivity index (χ0v) is 6.02. The minimum absolute atomic E-state index is 0.421. The van der Waals surface area contributed by atoms with Gasteiger partial charge >= 0.3 is 0 Å². The monoisotopic (exact) mass is 149 g/mol. The van der Waals surface area contributed by atoms with Crippen LogP contribution in [0, 0.1) is 6.92 Å². The van der Waals surface area contributed by atoms with Gasteiger partial charge in [-0.05, 0) is 6.92 Å². The van der Waals surface area contributed by atoms with E-state index in [4.69, 9.17) is 5.73 Å². The van der Waals surface area contributed by atoms with Gasteiger partial charge in [0.1, 0.15) is 5.82 Å². The highest BCUT2D eigenvalue weighted by Crippen LogP contribution is 2.04. The van der Waals surface area contributed by atoms with Gasteiger partial charge in [0.25, 0.3) is 0 Å². The van der Waals surface area contributed by atoms with Crippen LogP contribution in [-0.4, -0.2) is 19.6 Å². The lowest BCUT2D eigenvalue weighted by molar-refractivity contribution is 0.994. The molecule has 0 atom stereocenters. The maximum absolute atomic E-state index is 5.57. The van der Waals surface area contributed by atoms with Gasteiger partial charge in [-0.15, -0.1) is 10.2 Å². The highest BCUT2D eigenvalue weighted by Gasteiger charge is 2.01. The first-order valence-corrected chi connectivity index (χ1v) is 3.21. The molecule has 2 heterocycles. The summed E-state index contributed by atoms with van der Waals surface area (Å²) >= 11 is 0. The fourth-order valence-electron chi connectivity index (χ4n) is 1.01. The van der Waals surface area contributed by atoms with E-state index in [-0.39, 0.29) is 0 Å². The fourth-order valence-corrected chi connectivity index (χ4v) is 1.01. The van der Waals surface area contributed by atoms with Crippen LogP contribution >= 0.6 is 0 Å². The van der Waals surface area contributed by atoms with Gasteiger partial charge in [-0.1, -0.05) is 0 Å². The molecular weight excluding hydrogens is 142 g/mol. The largest absolute Gasteiger partial charge is 0.369 e. The van der Waals surface area contributed by atoms with Gasteiger partial charge in [-0.3, -0.25) is 0 Å². The molecule has 0 aliphatic carbocycles. The maximum Gasteiger partial charge on any atom is 0.207 e. The molecule has 2 rings (SSSR count). The van der Waals surface area contributed by atoms with Crippen molar-refractivity contribution in [2.24, 2.45) is 0 Å². The Morgan fingerprint density at radius 3 is 3.00 bits per heavy atom. The minimum Gasteiger partial charge on any atom is -0.369 e. The number of anilines is 1. The zero-order valence-electron chi connectivity index (χ0n) is 6.02. The number of aromatic nitrogens is 4. The van der Waals surface area contributed by atoms with Gasteiger partial charge in [0.05, 0.1) is 0 Å². The summed E-state index contributed by atoms with van der Waals surface area (Å²) in [7, 11) is 0. The van der Waals surface area contributed by atoms with Crippen LogP contribution in [-0.2, 0) is 0 Å². The van der Waals surface area contributed by atoms with E-state index < -0.39 is 0 Å². The molecule has 11 heavy (non-hydrogen) atoms. The standard InChI is InChI=1S/C6H7N5/c1-4-9-10-5-2-3-8-6(7)11(4)5/h2-3H,1H3,(H2,7,8). The summed E-state index contributed by atoms with van der Waals surface area (Å²) in [6, 6.07) is 1.76. The number of hydrogen-bond donors (Lipinski definition) is 1. The summed E-state index contributed by atoms with van der Waals surface area (Å²) < 4.78 is 1.69. The van der Waals surface area contributed by atoms with Crippen LogP contribution in [0.3, 0.4) is 0 Å². The van der Waals surface area contributed by atoms with Gasteiger partial charge in [-0.2, -0.15) is 0 Å². The Balaban J connectivity index is 2.96. The molecule has 0 radical (unpaired) electrons. The third-order valence-electron chi connectivity index (χ3n) is 1.51. The van der Waals surface area contributed by atoms with Crippen LogP contribution in [0.15, 0.2) is 12.3 Å². The molecule has 5 nitrogen and oxygen atoms in total. The second-order valence-electron chi connectivity index (χ2n) is 2.24. The quantitative estimate of drug-likeness (QED) is 0.573. The number of aryl methyl sites for hydroxylation is 1. The van der Waals surface area contributed by atoms with Crippen molar-refractivity contribution in [3.8, 4) is 0 Å². The van der Waals surface area contributed by atoms with Crippen LogP contribution < -0.4 is 5.73 Å². The van der Waals surface area contributed by atoms with E-state index in [1.807, 2.05) is 6.92 Å². The van der Waals surface area contributed by atoms with Crippen molar-refractivity contribution in [3.63, 3.8) is 0 Å². The molecule has 56 valence electrons. The molecule has 0 spiro atoms. The van der Waals surface area contributed by atoms with Crippen LogP contribution in [0.1, 0.15) is 5.82 Å². The van der Waals surface area contributed by atoms with Crippen LogP contribution in [0.4, 0.5) is 5.95 Å². The number of nitrogen functional groups attached to an aromatic ring is 1. The smallest absolute Gasteiger partial charge is 0.207 e. The Morgan fingerprint density at radius 1 is 1.45 bits per heavy atom. The number of fused-ring (bicyclic) bond motifs is 1. The van der Waals surface area contributed by atoms with Crippen LogP contribution in [0.25, 0.3) is 5.65 Å². The predicted octanol–water partition coefficient (Wildman–Crippen LogP) is 0.0149. The lowest BCUT2D eigenvalue weighted by Gasteiger charge is -1.96. The molecular formula is C6H7N5. The zero-order chi connectivity index (χ0) is 7.84. The maximum atomic E-state index is 5.57. The molecule has 5 heteroatoms. The summed E-state index contributed by atoms with van der Waals surface area (Å²) in [6.07, 6.45) is 1.61. The van der Waals surface area contributed by atoms with Crippen molar-refractivity contribution in [2.45, 2.75) is 6.92 Å². The van der Waals surface area contributed by atoms with Crippen molar-refractivity contribution in [1.82, 2.24) is 19.6 Å². The summed E-state index contributed by atoms with van der Waals surface area (Å²) in [5, 5.41) is 7.72. The van der Waals surface area contributed by atoms with Crippen LogP contribution in [0.2, 0.25) is 0 Å². The van der Waals surface area contributed by atoms with E-state index in [0.717, 1.165) is 11.5 Å². The molecule has 2 aromatic rings. The Morgan fingerprint density at radius 2 is 2.27 bits per heavy atom. The van der Waals surface area contributed by atoms with E-state index in [2.05, 4.69) is 15.2 Å². The summed E-state index contributed by atoms with van der Waals surface area (Å²) in [5.74, 6) is 1.18. The van der Waals surface area contributed by atoms with Gasteiger partial charge in [0.2, 0.25) is 5.95 Å². The topological polar surface area (TPSA) is 69.1 Å². The number of nitrogens with two attached hydrogens (primary N) is 1. The Hall–Kier alpha value is -1.65. The first-order valence-electron chi connectivity index (χ1n) is 3.21. The molecule has 0 aliphatic heterocycles. The molecule has 0 aliphatic rings. The molecule has 0 amide bonds. The van der Waals surface area contributed by atoms with E-state index in [1.165, 1.54) is 0 Å². The summed E-state index contributed by atoms with van der Waals surface area (Å²) in [4.78, 5) is 3.90. The normalized spacial score (nSPS) is 10.6. The number of hydrogen-bond acceptors (Lipinski definition) is 4. The lowest BCUT2D eigenvalue weighted by Crippen LogP contribution is -2.00. The average Bonchev–Trinajstić information content (AvgIpc) is 2.34.